The summed E-state index contributed by atoms with van der Waals surface area (Å²) in [5, 5.41) is 9.68. The molecule has 1 aliphatic rings. The first-order valence-electron chi connectivity index (χ1n) is 6.56. The molecule has 1 heterocycles. The standard InChI is InChI=1S/C17H17NO/c19-17-10-4-3-6-14(17)9-5-11-18-12-15-7-1-2-8-16(15)13-18/h1-10,19H,11-13H2. The highest BCUT2D eigenvalue weighted by atomic mass is 16.3. The van der Waals surface area contributed by atoms with Crippen molar-refractivity contribution in [3.63, 3.8) is 0 Å². The maximum absolute atomic E-state index is 9.68. The predicted molar refractivity (Wildman–Crippen MR) is 77.7 cm³/mol. The van der Waals surface area contributed by atoms with Gasteiger partial charge in [0.05, 0.1) is 0 Å². The van der Waals surface area contributed by atoms with Crippen LogP contribution < -0.4 is 0 Å². The summed E-state index contributed by atoms with van der Waals surface area (Å²) >= 11 is 0. The quantitative estimate of drug-likeness (QED) is 0.903. The van der Waals surface area contributed by atoms with Crippen molar-refractivity contribution in [1.82, 2.24) is 4.90 Å². The topological polar surface area (TPSA) is 23.5 Å². The van der Waals surface area contributed by atoms with E-state index in [4.69, 9.17) is 0 Å². The zero-order chi connectivity index (χ0) is 13.1. The molecular formula is C17H17NO. The van der Waals surface area contributed by atoms with Gasteiger partial charge in [-0.2, -0.15) is 0 Å². The molecule has 0 aliphatic carbocycles. The minimum Gasteiger partial charge on any atom is -0.507 e. The molecule has 0 saturated heterocycles. The third-order valence-electron chi connectivity index (χ3n) is 3.50. The van der Waals surface area contributed by atoms with Gasteiger partial charge in [-0.1, -0.05) is 54.6 Å². The van der Waals surface area contributed by atoms with E-state index in [0.29, 0.717) is 5.75 Å². The van der Waals surface area contributed by atoms with Crippen LogP contribution in [0.5, 0.6) is 5.75 Å². The fourth-order valence-electron chi connectivity index (χ4n) is 2.49. The second kappa shape index (κ2) is 5.29. The van der Waals surface area contributed by atoms with Gasteiger partial charge in [-0.25, -0.2) is 0 Å². The Kier molecular flexibility index (Phi) is 3.34. The van der Waals surface area contributed by atoms with Gasteiger partial charge in [0.2, 0.25) is 0 Å². The van der Waals surface area contributed by atoms with Crippen molar-refractivity contribution in [1.29, 1.82) is 0 Å². The maximum Gasteiger partial charge on any atom is 0.122 e. The van der Waals surface area contributed by atoms with Crippen LogP contribution in [0.1, 0.15) is 16.7 Å². The number of rotatable bonds is 3. The average molecular weight is 251 g/mol. The lowest BCUT2D eigenvalue weighted by atomic mass is 10.1. The van der Waals surface area contributed by atoms with Crippen molar-refractivity contribution in [3.8, 4) is 5.75 Å². The molecule has 2 aromatic carbocycles. The number of nitrogens with zero attached hydrogens (tertiary/aromatic N) is 1. The van der Waals surface area contributed by atoms with E-state index in [1.165, 1.54) is 11.1 Å². The summed E-state index contributed by atoms with van der Waals surface area (Å²) in [4.78, 5) is 2.39. The zero-order valence-corrected chi connectivity index (χ0v) is 10.8. The van der Waals surface area contributed by atoms with Crippen LogP contribution in [-0.4, -0.2) is 16.6 Å². The van der Waals surface area contributed by atoms with Gasteiger partial charge in [-0.15, -0.1) is 0 Å². The molecule has 3 rings (SSSR count). The number of para-hydroxylation sites is 1. The van der Waals surface area contributed by atoms with Crippen LogP contribution in [0.2, 0.25) is 0 Å². The Bertz CT molecular complexity index is 579. The maximum atomic E-state index is 9.68. The van der Waals surface area contributed by atoms with Crippen LogP contribution in [-0.2, 0) is 13.1 Å². The normalized spacial score (nSPS) is 14.9. The van der Waals surface area contributed by atoms with Crippen molar-refractivity contribution in [2.45, 2.75) is 13.1 Å². The first kappa shape index (κ1) is 12.0. The number of phenols is 1. The molecule has 0 aromatic heterocycles. The fourth-order valence-corrected chi connectivity index (χ4v) is 2.49. The van der Waals surface area contributed by atoms with Crippen LogP contribution in [0, 0.1) is 0 Å². The highest BCUT2D eigenvalue weighted by Crippen LogP contribution is 2.22. The van der Waals surface area contributed by atoms with Crippen LogP contribution in [0.15, 0.2) is 54.6 Å². The number of aromatic hydroxyl groups is 1. The van der Waals surface area contributed by atoms with E-state index >= 15 is 0 Å². The van der Waals surface area contributed by atoms with E-state index in [1.807, 2.05) is 24.3 Å². The minimum atomic E-state index is 0.337. The fraction of sp³-hybridized carbons (Fsp3) is 0.176. The van der Waals surface area contributed by atoms with E-state index < -0.39 is 0 Å². The van der Waals surface area contributed by atoms with Gasteiger partial charge in [0.15, 0.2) is 0 Å². The predicted octanol–water partition coefficient (Wildman–Crippen LogP) is 3.42. The summed E-state index contributed by atoms with van der Waals surface area (Å²) in [6, 6.07) is 16.0. The molecule has 0 spiro atoms. The highest BCUT2D eigenvalue weighted by molar-refractivity contribution is 5.56. The van der Waals surface area contributed by atoms with Gasteiger partial charge < -0.3 is 5.11 Å². The van der Waals surface area contributed by atoms with Crippen LogP contribution in [0.4, 0.5) is 0 Å². The molecule has 1 aliphatic heterocycles. The molecule has 0 unspecified atom stereocenters. The Labute approximate surface area is 113 Å². The number of hydrogen-bond donors (Lipinski definition) is 1. The molecule has 0 radical (unpaired) electrons. The molecule has 96 valence electrons. The molecule has 2 heteroatoms. The summed E-state index contributed by atoms with van der Waals surface area (Å²) in [6.45, 7) is 2.94. The Balaban J connectivity index is 1.62. The van der Waals surface area contributed by atoms with Crippen molar-refractivity contribution < 1.29 is 5.11 Å². The molecule has 0 amide bonds. The molecule has 0 atom stereocenters. The molecule has 0 bridgehead atoms. The summed E-state index contributed by atoms with van der Waals surface area (Å²) in [7, 11) is 0. The zero-order valence-electron chi connectivity index (χ0n) is 10.8. The smallest absolute Gasteiger partial charge is 0.122 e. The third-order valence-corrected chi connectivity index (χ3v) is 3.50. The number of hydrogen-bond acceptors (Lipinski definition) is 2. The molecular weight excluding hydrogens is 234 g/mol. The Hall–Kier alpha value is -2.06. The van der Waals surface area contributed by atoms with Crippen molar-refractivity contribution in [2.24, 2.45) is 0 Å². The van der Waals surface area contributed by atoms with Crippen molar-refractivity contribution >= 4 is 6.08 Å². The molecule has 19 heavy (non-hydrogen) atoms. The van der Waals surface area contributed by atoms with E-state index in [9.17, 15) is 5.11 Å². The van der Waals surface area contributed by atoms with E-state index in [2.05, 4.69) is 35.2 Å². The van der Waals surface area contributed by atoms with Gasteiger partial charge in [0.1, 0.15) is 5.75 Å². The van der Waals surface area contributed by atoms with E-state index in [1.54, 1.807) is 6.07 Å². The first-order chi connectivity index (χ1) is 9.33. The molecule has 0 saturated carbocycles. The Morgan fingerprint density at radius 1 is 0.947 bits per heavy atom. The Morgan fingerprint density at radius 3 is 2.26 bits per heavy atom. The largest absolute Gasteiger partial charge is 0.507 e. The van der Waals surface area contributed by atoms with Crippen molar-refractivity contribution in [3.05, 3.63) is 71.3 Å². The van der Waals surface area contributed by atoms with Crippen LogP contribution in [0.3, 0.4) is 0 Å². The molecule has 2 aromatic rings. The van der Waals surface area contributed by atoms with Gasteiger partial charge in [0.25, 0.3) is 0 Å². The number of benzene rings is 2. The third kappa shape index (κ3) is 2.69. The van der Waals surface area contributed by atoms with Crippen LogP contribution in [0.25, 0.3) is 6.08 Å². The lowest BCUT2D eigenvalue weighted by Crippen LogP contribution is -2.15. The number of fused-ring (bicyclic) bond motifs is 1. The van der Waals surface area contributed by atoms with Crippen LogP contribution >= 0.6 is 0 Å². The first-order valence-corrected chi connectivity index (χ1v) is 6.56. The van der Waals surface area contributed by atoms with E-state index in [-0.39, 0.29) is 0 Å². The molecule has 1 N–H and O–H groups in total. The lowest BCUT2D eigenvalue weighted by molar-refractivity contribution is 0.317. The minimum absolute atomic E-state index is 0.337. The van der Waals surface area contributed by atoms with Gasteiger partial charge in [0, 0.05) is 25.2 Å². The molecule has 2 nitrogen and oxygen atoms in total. The second-order valence-corrected chi connectivity index (χ2v) is 4.90. The van der Waals surface area contributed by atoms with Gasteiger partial charge in [-0.3, -0.25) is 4.90 Å². The SMILES string of the molecule is Oc1ccccc1C=CCN1Cc2ccccc2C1. The summed E-state index contributed by atoms with van der Waals surface area (Å²) in [5.74, 6) is 0.337. The van der Waals surface area contributed by atoms with E-state index in [0.717, 1.165) is 25.2 Å². The summed E-state index contributed by atoms with van der Waals surface area (Å²) < 4.78 is 0. The van der Waals surface area contributed by atoms with Gasteiger partial charge >= 0.3 is 0 Å². The second-order valence-electron chi connectivity index (χ2n) is 4.90. The summed E-state index contributed by atoms with van der Waals surface area (Å²) in [5.41, 5.74) is 3.73. The summed E-state index contributed by atoms with van der Waals surface area (Å²) in [6.07, 6.45) is 4.10. The number of phenolic OH excluding ortho intramolecular Hbond substituents is 1. The average Bonchev–Trinajstić information content (AvgIpc) is 2.83. The molecule has 0 fully saturated rings. The Morgan fingerprint density at radius 2 is 1.58 bits per heavy atom. The monoisotopic (exact) mass is 251 g/mol. The lowest BCUT2D eigenvalue weighted by Gasteiger charge is -2.11. The highest BCUT2D eigenvalue weighted by Gasteiger charge is 2.16. The van der Waals surface area contributed by atoms with Crippen molar-refractivity contribution in [2.75, 3.05) is 6.54 Å². The van der Waals surface area contributed by atoms with Gasteiger partial charge in [-0.05, 0) is 17.2 Å².